The second kappa shape index (κ2) is 10.1. The minimum atomic E-state index is -3.91. The van der Waals surface area contributed by atoms with Gasteiger partial charge >= 0.3 is 5.97 Å². The van der Waals surface area contributed by atoms with E-state index in [9.17, 15) is 22.4 Å². The van der Waals surface area contributed by atoms with Crippen LogP contribution in [0.4, 0.5) is 4.39 Å². The van der Waals surface area contributed by atoms with Crippen molar-refractivity contribution >= 4 is 21.9 Å². The molecule has 31 heavy (non-hydrogen) atoms. The van der Waals surface area contributed by atoms with Gasteiger partial charge in [0.2, 0.25) is 10.0 Å². The summed E-state index contributed by atoms with van der Waals surface area (Å²) in [5.74, 6) is -2.12. The van der Waals surface area contributed by atoms with E-state index in [1.807, 2.05) is 0 Å². The Morgan fingerprint density at radius 2 is 1.90 bits per heavy atom. The molecule has 1 aliphatic carbocycles. The molecule has 0 radical (unpaired) electrons. The van der Waals surface area contributed by atoms with Gasteiger partial charge in [0.05, 0.1) is 23.7 Å². The average molecular weight is 457 g/mol. The van der Waals surface area contributed by atoms with E-state index in [1.54, 1.807) is 0 Å². The Balaban J connectivity index is 1.69. The highest BCUT2D eigenvalue weighted by Gasteiger charge is 2.30. The number of morpholine rings is 1. The van der Waals surface area contributed by atoms with Crippen LogP contribution in [0, 0.1) is 11.7 Å². The molecule has 3 rings (SSSR count). The normalized spacial score (nSPS) is 23.7. The summed E-state index contributed by atoms with van der Waals surface area (Å²) in [6.07, 6.45) is 2.90. The monoisotopic (exact) mass is 456 g/mol. The fourth-order valence-electron chi connectivity index (χ4n) is 3.87. The van der Waals surface area contributed by atoms with Crippen molar-refractivity contribution in [3.05, 3.63) is 29.6 Å². The van der Waals surface area contributed by atoms with Crippen LogP contribution in [0.3, 0.4) is 0 Å². The highest BCUT2D eigenvalue weighted by molar-refractivity contribution is 7.89. The quantitative estimate of drug-likeness (QED) is 0.658. The number of nitrogens with zero attached hydrogens (tertiary/aromatic N) is 1. The lowest BCUT2D eigenvalue weighted by Crippen LogP contribution is -2.46. The molecule has 8 nitrogen and oxygen atoms in total. The van der Waals surface area contributed by atoms with Gasteiger partial charge in [-0.05, 0) is 43.9 Å². The number of carbonyl (C=O) groups excluding carboxylic acids is 2. The Morgan fingerprint density at radius 3 is 2.58 bits per heavy atom. The lowest BCUT2D eigenvalue weighted by Gasteiger charge is -2.30. The van der Waals surface area contributed by atoms with Gasteiger partial charge < -0.3 is 14.8 Å². The Labute approximate surface area is 182 Å². The van der Waals surface area contributed by atoms with Gasteiger partial charge in [-0.25, -0.2) is 17.6 Å². The first-order valence-electron chi connectivity index (χ1n) is 10.6. The highest BCUT2D eigenvalue weighted by Crippen LogP contribution is 2.24. The van der Waals surface area contributed by atoms with Crippen molar-refractivity contribution in [2.75, 3.05) is 26.3 Å². The Kier molecular flexibility index (Phi) is 7.66. The number of halogens is 1. The van der Waals surface area contributed by atoms with Crippen LogP contribution < -0.4 is 5.32 Å². The van der Waals surface area contributed by atoms with Gasteiger partial charge in [-0.3, -0.25) is 4.79 Å². The van der Waals surface area contributed by atoms with E-state index in [4.69, 9.17) is 9.47 Å². The maximum absolute atomic E-state index is 14.3. The molecule has 1 aliphatic heterocycles. The number of esters is 1. The molecule has 10 heteroatoms. The lowest BCUT2D eigenvalue weighted by molar-refractivity contribution is -0.130. The van der Waals surface area contributed by atoms with Crippen LogP contribution in [0.2, 0.25) is 0 Å². The second-order valence-electron chi connectivity index (χ2n) is 8.08. The van der Waals surface area contributed by atoms with Crippen molar-refractivity contribution in [2.45, 2.75) is 56.6 Å². The van der Waals surface area contributed by atoms with Crippen molar-refractivity contribution in [1.82, 2.24) is 9.62 Å². The van der Waals surface area contributed by atoms with Crippen LogP contribution in [0.15, 0.2) is 23.1 Å². The van der Waals surface area contributed by atoms with Crippen LogP contribution in [0.5, 0.6) is 0 Å². The first kappa shape index (κ1) is 23.6. The molecule has 1 saturated heterocycles. The Morgan fingerprint density at radius 1 is 1.23 bits per heavy atom. The van der Waals surface area contributed by atoms with E-state index in [0.29, 0.717) is 5.92 Å². The minimum absolute atomic E-state index is 0.0149. The molecule has 1 aromatic rings. The van der Waals surface area contributed by atoms with E-state index >= 15 is 0 Å². The van der Waals surface area contributed by atoms with E-state index in [2.05, 4.69) is 12.2 Å². The van der Waals surface area contributed by atoms with Gasteiger partial charge in [0.1, 0.15) is 5.82 Å². The lowest BCUT2D eigenvalue weighted by atomic mass is 9.86. The fourth-order valence-corrected chi connectivity index (χ4v) is 5.30. The summed E-state index contributed by atoms with van der Waals surface area (Å²) >= 11 is 0. The zero-order valence-electron chi connectivity index (χ0n) is 17.8. The summed E-state index contributed by atoms with van der Waals surface area (Å²) in [5, 5.41) is 2.89. The summed E-state index contributed by atoms with van der Waals surface area (Å²) < 4.78 is 51.4. The number of benzene rings is 1. The predicted octanol–water partition coefficient (Wildman–Crippen LogP) is 2.09. The first-order chi connectivity index (χ1) is 14.7. The molecule has 0 aromatic heterocycles. The van der Waals surface area contributed by atoms with Crippen LogP contribution in [-0.4, -0.2) is 63.0 Å². The molecule has 0 bridgehead atoms. The highest BCUT2D eigenvalue weighted by atomic mass is 32.2. The summed E-state index contributed by atoms with van der Waals surface area (Å²) in [7, 11) is -3.91. The summed E-state index contributed by atoms with van der Waals surface area (Å²) in [6, 6.07) is 2.99. The van der Waals surface area contributed by atoms with Gasteiger partial charge in [-0.1, -0.05) is 19.8 Å². The molecular weight excluding hydrogens is 427 g/mol. The molecule has 2 aliphatic rings. The van der Waals surface area contributed by atoms with E-state index in [-0.39, 0.29) is 37.2 Å². The number of ether oxygens (including phenoxy) is 2. The average Bonchev–Trinajstić information content (AvgIpc) is 2.76. The Bertz CT molecular complexity index is 916. The topological polar surface area (TPSA) is 102 Å². The SMILES string of the molecule is C[C@@H]1CCCC[C@H]1NC(=O)[C@@H](C)OC(=O)c1cc(S(=O)(=O)N2CCOCC2)ccc1F. The van der Waals surface area contributed by atoms with Gasteiger partial charge in [0.25, 0.3) is 5.91 Å². The van der Waals surface area contributed by atoms with Crippen molar-refractivity contribution < 1.29 is 31.9 Å². The smallest absolute Gasteiger partial charge is 0.341 e. The van der Waals surface area contributed by atoms with Gasteiger partial charge in [-0.15, -0.1) is 0 Å². The molecule has 0 spiro atoms. The fraction of sp³-hybridized carbons (Fsp3) is 0.619. The zero-order valence-corrected chi connectivity index (χ0v) is 18.6. The molecule has 1 aromatic carbocycles. The maximum atomic E-state index is 14.3. The third-order valence-corrected chi connectivity index (χ3v) is 7.75. The number of carbonyl (C=O) groups is 2. The molecule has 1 amide bonds. The van der Waals surface area contributed by atoms with Crippen molar-refractivity contribution in [2.24, 2.45) is 5.92 Å². The summed E-state index contributed by atoms with van der Waals surface area (Å²) in [4.78, 5) is 24.8. The molecule has 2 fully saturated rings. The number of rotatable bonds is 6. The molecule has 1 saturated carbocycles. The predicted molar refractivity (Wildman–Crippen MR) is 110 cm³/mol. The summed E-state index contributed by atoms with van der Waals surface area (Å²) in [6.45, 7) is 4.36. The zero-order chi connectivity index (χ0) is 22.6. The maximum Gasteiger partial charge on any atom is 0.341 e. The number of hydrogen-bond donors (Lipinski definition) is 1. The van der Waals surface area contributed by atoms with Crippen molar-refractivity contribution in [3.63, 3.8) is 0 Å². The molecule has 3 atom stereocenters. The number of nitrogens with one attached hydrogen (secondary N) is 1. The van der Waals surface area contributed by atoms with Gasteiger partial charge in [0, 0.05) is 19.1 Å². The molecular formula is C21H29FN2O6S. The Hall–Kier alpha value is -2.04. The third-order valence-electron chi connectivity index (χ3n) is 5.86. The van der Waals surface area contributed by atoms with Crippen LogP contribution >= 0.6 is 0 Å². The number of amides is 1. The molecule has 1 heterocycles. The standard InChI is InChI=1S/C21H29FN2O6S/c1-14-5-3-4-6-19(14)23-20(25)15(2)30-21(26)17-13-16(7-8-18(17)22)31(27,28)24-9-11-29-12-10-24/h7-8,13-15,19H,3-6,9-12H2,1-2H3,(H,23,25)/t14-,15-,19-/m1/s1. The van der Waals surface area contributed by atoms with Crippen LogP contribution in [0.25, 0.3) is 0 Å². The van der Waals surface area contributed by atoms with Crippen LogP contribution in [-0.2, 0) is 24.3 Å². The van der Waals surface area contributed by atoms with E-state index in [0.717, 1.165) is 43.9 Å². The first-order valence-corrected chi connectivity index (χ1v) is 12.0. The number of sulfonamides is 1. The van der Waals surface area contributed by atoms with Crippen molar-refractivity contribution in [1.29, 1.82) is 0 Å². The molecule has 1 N–H and O–H groups in total. The largest absolute Gasteiger partial charge is 0.449 e. The minimum Gasteiger partial charge on any atom is -0.449 e. The van der Waals surface area contributed by atoms with Crippen LogP contribution in [0.1, 0.15) is 49.9 Å². The van der Waals surface area contributed by atoms with E-state index in [1.165, 1.54) is 11.2 Å². The third kappa shape index (κ3) is 5.61. The molecule has 172 valence electrons. The summed E-state index contributed by atoms with van der Waals surface area (Å²) in [5.41, 5.74) is -0.528. The van der Waals surface area contributed by atoms with Gasteiger partial charge in [0.15, 0.2) is 6.10 Å². The number of hydrogen-bond acceptors (Lipinski definition) is 6. The van der Waals surface area contributed by atoms with Gasteiger partial charge in [-0.2, -0.15) is 4.31 Å². The second-order valence-corrected chi connectivity index (χ2v) is 10.0. The molecule has 0 unspecified atom stereocenters. The van der Waals surface area contributed by atoms with E-state index < -0.39 is 39.4 Å². The van der Waals surface area contributed by atoms with Crippen molar-refractivity contribution in [3.8, 4) is 0 Å².